The lowest BCUT2D eigenvalue weighted by Crippen LogP contribution is -2.40. The lowest BCUT2D eigenvalue weighted by Gasteiger charge is -2.25. The maximum absolute atomic E-state index is 12.5. The van der Waals surface area contributed by atoms with E-state index in [9.17, 15) is 28.8 Å². The molecule has 0 aromatic rings. The number of amides is 3. The predicted octanol–water partition coefficient (Wildman–Crippen LogP) is 3.84. The summed E-state index contributed by atoms with van der Waals surface area (Å²) >= 11 is 0. The van der Waals surface area contributed by atoms with Crippen molar-refractivity contribution in [3.8, 4) is 0 Å². The van der Waals surface area contributed by atoms with Crippen LogP contribution in [0.1, 0.15) is 83.1 Å². The molecule has 2 aliphatic heterocycles. The highest BCUT2D eigenvalue weighted by atomic mass is 16.7. The van der Waals surface area contributed by atoms with Gasteiger partial charge in [0.15, 0.2) is 0 Å². The Morgan fingerprint density at radius 3 is 1.30 bits per heavy atom. The number of hydrogen-bond acceptors (Lipinski definition) is 11. The van der Waals surface area contributed by atoms with E-state index in [1.54, 1.807) is 83.1 Å². The molecular formula is C32H55N3O11. The van der Waals surface area contributed by atoms with Gasteiger partial charge in [0.05, 0.1) is 24.9 Å². The lowest BCUT2D eigenvalue weighted by molar-refractivity contribution is -0.178. The molecule has 0 unspecified atom stereocenters. The molecule has 0 saturated carbocycles. The van der Waals surface area contributed by atoms with E-state index in [2.05, 4.69) is 0 Å². The quantitative estimate of drug-likeness (QED) is 0.183. The minimum atomic E-state index is -0.767. The molecule has 0 aliphatic carbocycles. The molecule has 3 amide bonds. The van der Waals surface area contributed by atoms with Gasteiger partial charge < -0.3 is 33.5 Å². The summed E-state index contributed by atoms with van der Waals surface area (Å²) in [5.74, 6) is -4.04. The van der Waals surface area contributed by atoms with Gasteiger partial charge in [-0.1, -0.05) is 0 Å². The van der Waals surface area contributed by atoms with Gasteiger partial charge in [-0.25, -0.2) is 14.7 Å². The first kappa shape index (κ1) is 40.6. The van der Waals surface area contributed by atoms with Gasteiger partial charge in [-0.05, 0) is 83.1 Å². The van der Waals surface area contributed by atoms with Gasteiger partial charge >= 0.3 is 24.1 Å². The summed E-state index contributed by atoms with van der Waals surface area (Å²) < 4.78 is 21.3. The first-order chi connectivity index (χ1) is 20.7. The number of esters is 2. The number of hydrogen-bond donors (Lipinski definition) is 0. The summed E-state index contributed by atoms with van der Waals surface area (Å²) in [6.45, 7) is 21.6. The molecule has 2 saturated heterocycles. The summed E-state index contributed by atoms with van der Waals surface area (Å²) in [4.78, 5) is 80.3. The van der Waals surface area contributed by atoms with E-state index in [1.165, 1.54) is 24.0 Å². The van der Waals surface area contributed by atoms with Crippen molar-refractivity contribution in [1.29, 1.82) is 0 Å². The average molecular weight is 658 g/mol. The van der Waals surface area contributed by atoms with Gasteiger partial charge in [-0.15, -0.1) is 0 Å². The molecule has 0 radical (unpaired) electrons. The van der Waals surface area contributed by atoms with Crippen LogP contribution in [-0.4, -0.2) is 114 Å². The van der Waals surface area contributed by atoms with Crippen molar-refractivity contribution in [2.45, 2.75) is 105 Å². The minimum Gasteiger partial charge on any atom is -0.460 e. The fourth-order valence-electron chi connectivity index (χ4n) is 4.54. The SMILES string of the molecule is CC(C)(C)OC(=O)[C@H]1CN(C(=O)OC(C)(C)C)C[C@@H]1C=O.CON(C)C(=O)[C@H]1CN(C(=O)OC(C)(C)C)C[C@@H]1C(=O)OC(C)(C)C. The number of aldehydes is 1. The third kappa shape index (κ3) is 13.5. The van der Waals surface area contributed by atoms with E-state index in [1.807, 2.05) is 0 Å². The molecule has 264 valence electrons. The van der Waals surface area contributed by atoms with Crippen molar-refractivity contribution in [3.63, 3.8) is 0 Å². The molecule has 0 spiro atoms. The summed E-state index contributed by atoms with van der Waals surface area (Å²) in [5.41, 5.74) is -2.58. The van der Waals surface area contributed by atoms with Crippen molar-refractivity contribution in [2.75, 3.05) is 40.3 Å². The largest absolute Gasteiger partial charge is 0.460 e. The van der Waals surface area contributed by atoms with Crippen molar-refractivity contribution in [3.05, 3.63) is 0 Å². The summed E-state index contributed by atoms with van der Waals surface area (Å²) in [6.07, 6.45) is -0.365. The van der Waals surface area contributed by atoms with Crippen LogP contribution in [-0.2, 0) is 43.0 Å². The van der Waals surface area contributed by atoms with Crippen molar-refractivity contribution in [2.24, 2.45) is 23.7 Å². The molecule has 0 bridgehead atoms. The Morgan fingerprint density at radius 2 is 0.935 bits per heavy atom. The normalized spacial score (nSPS) is 21.9. The summed E-state index contributed by atoms with van der Waals surface area (Å²) in [7, 11) is 2.82. The maximum Gasteiger partial charge on any atom is 0.410 e. The molecule has 0 aromatic carbocycles. The molecule has 2 rings (SSSR count). The fraction of sp³-hybridized carbons (Fsp3) is 0.812. The van der Waals surface area contributed by atoms with Crippen LogP contribution >= 0.6 is 0 Å². The van der Waals surface area contributed by atoms with Crippen LogP contribution in [0.2, 0.25) is 0 Å². The highest BCUT2D eigenvalue weighted by molar-refractivity contribution is 5.87. The highest BCUT2D eigenvalue weighted by Gasteiger charge is 2.47. The number of carbonyl (C=O) groups is 6. The maximum atomic E-state index is 12.5. The lowest BCUT2D eigenvalue weighted by atomic mass is 9.95. The van der Waals surface area contributed by atoms with Crippen LogP contribution in [0.5, 0.6) is 0 Å². The summed E-state index contributed by atoms with van der Waals surface area (Å²) in [6, 6.07) is 0. The number of carbonyl (C=O) groups excluding carboxylic acids is 6. The molecule has 2 heterocycles. The minimum absolute atomic E-state index is 0.0672. The topological polar surface area (TPSA) is 158 Å². The zero-order valence-corrected chi connectivity index (χ0v) is 30.0. The van der Waals surface area contributed by atoms with Gasteiger partial charge in [-0.3, -0.25) is 19.2 Å². The second-order valence-electron chi connectivity index (χ2n) is 15.5. The number of hydroxylamine groups is 2. The van der Waals surface area contributed by atoms with Crippen molar-refractivity contribution < 1.29 is 52.6 Å². The smallest absolute Gasteiger partial charge is 0.410 e. The highest BCUT2D eigenvalue weighted by Crippen LogP contribution is 2.30. The Kier molecular flexibility index (Phi) is 13.6. The Balaban J connectivity index is 0.000000467. The third-order valence-corrected chi connectivity index (χ3v) is 6.48. The van der Waals surface area contributed by atoms with Crippen molar-refractivity contribution >= 4 is 36.3 Å². The average Bonchev–Trinajstić information content (AvgIpc) is 3.49. The van der Waals surface area contributed by atoms with Crippen molar-refractivity contribution in [1.82, 2.24) is 14.9 Å². The zero-order valence-electron chi connectivity index (χ0n) is 30.0. The van der Waals surface area contributed by atoms with E-state index in [0.29, 0.717) is 6.29 Å². The zero-order chi connectivity index (χ0) is 36.0. The number of likely N-dealkylation sites (tertiary alicyclic amines) is 2. The third-order valence-electron chi connectivity index (χ3n) is 6.48. The molecule has 0 N–H and O–H groups in total. The van der Waals surface area contributed by atoms with Gasteiger partial charge in [0.1, 0.15) is 28.7 Å². The summed E-state index contributed by atoms with van der Waals surface area (Å²) in [5, 5.41) is 1.06. The molecular weight excluding hydrogens is 602 g/mol. The first-order valence-electron chi connectivity index (χ1n) is 15.4. The molecule has 4 atom stereocenters. The first-order valence-corrected chi connectivity index (χ1v) is 15.4. The Bertz CT molecular complexity index is 1110. The Hall–Kier alpha value is -3.42. The molecule has 46 heavy (non-hydrogen) atoms. The van der Waals surface area contributed by atoms with Crippen LogP contribution in [0.25, 0.3) is 0 Å². The second kappa shape index (κ2) is 15.4. The van der Waals surface area contributed by atoms with E-state index >= 15 is 0 Å². The number of ether oxygens (including phenoxy) is 4. The fourth-order valence-corrected chi connectivity index (χ4v) is 4.54. The molecule has 2 fully saturated rings. The van der Waals surface area contributed by atoms with Crippen LogP contribution in [0.4, 0.5) is 9.59 Å². The molecule has 2 aliphatic rings. The van der Waals surface area contributed by atoms with Crippen LogP contribution < -0.4 is 0 Å². The van der Waals surface area contributed by atoms with Gasteiger partial charge in [0.2, 0.25) is 0 Å². The molecule has 14 nitrogen and oxygen atoms in total. The van der Waals surface area contributed by atoms with Crippen LogP contribution in [0.15, 0.2) is 0 Å². The van der Waals surface area contributed by atoms with Gasteiger partial charge in [-0.2, -0.15) is 0 Å². The standard InChI is InChI=1S/C17H30N2O6.C15H25NO5/c1-16(2,3)24-14(21)12-10-19(15(22)25-17(4,5)6)9-11(12)13(20)18(7)23-8;1-14(2,3)20-12(18)11-8-16(7-10(11)9-17)13(19)21-15(4,5)6/h11-12H,9-10H2,1-8H3;9-11H,7-8H2,1-6H3/t11-,12-;10-,11+/m01/s1. The Labute approximate surface area is 273 Å². The second-order valence-corrected chi connectivity index (χ2v) is 15.5. The monoisotopic (exact) mass is 657 g/mol. The van der Waals surface area contributed by atoms with E-state index < -0.39 is 70.2 Å². The van der Waals surface area contributed by atoms with E-state index in [0.717, 1.165) is 5.06 Å². The molecule has 0 aromatic heterocycles. The van der Waals surface area contributed by atoms with E-state index in [4.69, 9.17) is 23.8 Å². The Morgan fingerprint density at radius 1 is 0.587 bits per heavy atom. The number of nitrogens with zero attached hydrogens (tertiary/aromatic N) is 3. The van der Waals surface area contributed by atoms with E-state index in [-0.39, 0.29) is 32.1 Å². The van der Waals surface area contributed by atoms with Gasteiger partial charge in [0, 0.05) is 39.1 Å². The van der Waals surface area contributed by atoms with Crippen LogP contribution in [0.3, 0.4) is 0 Å². The van der Waals surface area contributed by atoms with Gasteiger partial charge in [0.25, 0.3) is 5.91 Å². The predicted molar refractivity (Wildman–Crippen MR) is 167 cm³/mol. The molecule has 14 heteroatoms. The number of rotatable bonds is 5. The van der Waals surface area contributed by atoms with Crippen LogP contribution in [0, 0.1) is 23.7 Å².